The van der Waals surface area contributed by atoms with Gasteiger partial charge in [0.2, 0.25) is 5.91 Å². The van der Waals surface area contributed by atoms with Crippen LogP contribution in [0.25, 0.3) is 0 Å². The van der Waals surface area contributed by atoms with Gasteiger partial charge in [-0.3, -0.25) is 14.4 Å². The summed E-state index contributed by atoms with van der Waals surface area (Å²) in [5.74, 6) is -0.432. The van der Waals surface area contributed by atoms with Gasteiger partial charge >= 0.3 is 0 Å². The van der Waals surface area contributed by atoms with E-state index in [1.807, 2.05) is 0 Å². The van der Waals surface area contributed by atoms with Crippen LogP contribution in [-0.2, 0) is 4.79 Å². The normalized spacial score (nSPS) is 13.0. The van der Waals surface area contributed by atoms with Crippen molar-refractivity contribution >= 4 is 29.1 Å². The molecular weight excluding hydrogens is 318 g/mol. The lowest BCUT2D eigenvalue weighted by atomic mass is 10.1. The van der Waals surface area contributed by atoms with Crippen LogP contribution in [0.5, 0.6) is 0 Å². The van der Waals surface area contributed by atoms with Crippen molar-refractivity contribution in [3.8, 4) is 0 Å². The standard InChI is InChI=1S/C19H19N3O3/c1-20-17(23)13-4-2-6-15(10-13)22-19(25)14-5-3-7-16(11-14)21-18(24)12-8-9-12/h2-7,10-12H,8-9H2,1H3,(H,20,23)(H,21,24)(H,22,25). The lowest BCUT2D eigenvalue weighted by molar-refractivity contribution is -0.117. The molecule has 0 radical (unpaired) electrons. The zero-order valence-corrected chi connectivity index (χ0v) is 13.8. The van der Waals surface area contributed by atoms with Crippen molar-refractivity contribution in [2.45, 2.75) is 12.8 Å². The molecule has 6 nitrogen and oxygen atoms in total. The largest absolute Gasteiger partial charge is 0.355 e. The second kappa shape index (κ2) is 7.17. The summed E-state index contributed by atoms with van der Waals surface area (Å²) in [6, 6.07) is 13.5. The minimum absolute atomic E-state index is 0.00385. The Morgan fingerprint density at radius 3 is 1.96 bits per heavy atom. The van der Waals surface area contributed by atoms with Gasteiger partial charge in [0.05, 0.1) is 0 Å². The summed E-state index contributed by atoms with van der Waals surface area (Å²) in [4.78, 5) is 35.9. The average Bonchev–Trinajstić information content (AvgIpc) is 3.46. The Morgan fingerprint density at radius 1 is 0.840 bits per heavy atom. The SMILES string of the molecule is CNC(=O)c1cccc(NC(=O)c2cccc(NC(=O)C3CC3)c2)c1. The molecule has 0 spiro atoms. The summed E-state index contributed by atoms with van der Waals surface area (Å²) < 4.78 is 0. The van der Waals surface area contributed by atoms with Gasteiger partial charge in [-0.15, -0.1) is 0 Å². The van der Waals surface area contributed by atoms with Crippen molar-refractivity contribution in [3.63, 3.8) is 0 Å². The molecule has 2 aromatic rings. The minimum atomic E-state index is -0.309. The predicted molar refractivity (Wildman–Crippen MR) is 95.6 cm³/mol. The molecule has 3 N–H and O–H groups in total. The molecule has 2 aromatic carbocycles. The van der Waals surface area contributed by atoms with Crippen LogP contribution in [0.2, 0.25) is 0 Å². The molecule has 0 saturated heterocycles. The fraction of sp³-hybridized carbons (Fsp3) is 0.211. The zero-order valence-electron chi connectivity index (χ0n) is 13.8. The van der Waals surface area contributed by atoms with Crippen LogP contribution >= 0.6 is 0 Å². The summed E-state index contributed by atoms with van der Waals surface area (Å²) in [7, 11) is 1.55. The highest BCUT2D eigenvalue weighted by Gasteiger charge is 2.29. The van der Waals surface area contributed by atoms with Gasteiger partial charge in [0.15, 0.2) is 0 Å². The van der Waals surface area contributed by atoms with Crippen LogP contribution < -0.4 is 16.0 Å². The maximum absolute atomic E-state index is 12.4. The summed E-state index contributed by atoms with van der Waals surface area (Å²) in [5, 5.41) is 8.13. The number of nitrogens with one attached hydrogen (secondary N) is 3. The predicted octanol–water partition coefficient (Wildman–Crippen LogP) is 2.65. The second-order valence-electron chi connectivity index (χ2n) is 5.96. The Balaban J connectivity index is 1.70. The van der Waals surface area contributed by atoms with Crippen molar-refractivity contribution in [2.75, 3.05) is 17.7 Å². The number of carbonyl (C=O) groups is 3. The Kier molecular flexibility index (Phi) is 4.79. The van der Waals surface area contributed by atoms with E-state index in [0.717, 1.165) is 12.8 Å². The van der Waals surface area contributed by atoms with Gasteiger partial charge in [0.1, 0.15) is 0 Å². The second-order valence-corrected chi connectivity index (χ2v) is 5.96. The van der Waals surface area contributed by atoms with E-state index in [1.54, 1.807) is 55.6 Å². The Labute approximate surface area is 145 Å². The van der Waals surface area contributed by atoms with Gasteiger partial charge in [0, 0.05) is 35.5 Å². The van der Waals surface area contributed by atoms with Crippen LogP contribution in [0.4, 0.5) is 11.4 Å². The van der Waals surface area contributed by atoms with Gasteiger partial charge in [-0.2, -0.15) is 0 Å². The van der Waals surface area contributed by atoms with E-state index >= 15 is 0 Å². The van der Waals surface area contributed by atoms with Gasteiger partial charge in [-0.05, 0) is 49.2 Å². The third-order valence-corrected chi connectivity index (χ3v) is 3.95. The highest BCUT2D eigenvalue weighted by atomic mass is 16.2. The van der Waals surface area contributed by atoms with E-state index in [-0.39, 0.29) is 23.6 Å². The fourth-order valence-corrected chi connectivity index (χ4v) is 2.41. The lowest BCUT2D eigenvalue weighted by Gasteiger charge is -2.09. The maximum atomic E-state index is 12.4. The van der Waals surface area contributed by atoms with Gasteiger partial charge in [-0.1, -0.05) is 12.1 Å². The van der Waals surface area contributed by atoms with Crippen LogP contribution in [0.1, 0.15) is 33.6 Å². The molecule has 25 heavy (non-hydrogen) atoms. The first-order chi connectivity index (χ1) is 12.1. The zero-order chi connectivity index (χ0) is 17.8. The average molecular weight is 337 g/mol. The highest BCUT2D eigenvalue weighted by molar-refractivity contribution is 6.06. The van der Waals surface area contributed by atoms with Gasteiger partial charge < -0.3 is 16.0 Å². The number of anilines is 2. The van der Waals surface area contributed by atoms with E-state index < -0.39 is 0 Å². The van der Waals surface area contributed by atoms with Crippen molar-refractivity contribution in [1.29, 1.82) is 0 Å². The molecule has 1 fully saturated rings. The van der Waals surface area contributed by atoms with Crippen LogP contribution in [0, 0.1) is 5.92 Å². The third kappa shape index (κ3) is 4.23. The van der Waals surface area contributed by atoms with Crippen molar-refractivity contribution in [1.82, 2.24) is 5.32 Å². The van der Waals surface area contributed by atoms with Crippen molar-refractivity contribution < 1.29 is 14.4 Å². The molecule has 3 amide bonds. The number of benzene rings is 2. The Hall–Kier alpha value is -3.15. The molecule has 0 aromatic heterocycles. The first-order valence-corrected chi connectivity index (χ1v) is 8.11. The number of carbonyl (C=O) groups excluding carboxylic acids is 3. The molecule has 128 valence electrons. The Morgan fingerprint density at radius 2 is 1.40 bits per heavy atom. The third-order valence-electron chi connectivity index (χ3n) is 3.95. The van der Waals surface area contributed by atoms with E-state index in [2.05, 4.69) is 16.0 Å². The molecule has 0 aliphatic heterocycles. The fourth-order valence-electron chi connectivity index (χ4n) is 2.41. The molecule has 0 atom stereocenters. The van der Waals surface area contributed by atoms with Crippen molar-refractivity contribution in [2.24, 2.45) is 5.92 Å². The topological polar surface area (TPSA) is 87.3 Å². The lowest BCUT2D eigenvalue weighted by Crippen LogP contribution is -2.18. The molecule has 0 unspecified atom stereocenters. The summed E-state index contributed by atoms with van der Waals surface area (Å²) in [5.41, 5.74) is 2.02. The quantitative estimate of drug-likeness (QED) is 0.784. The number of rotatable bonds is 5. The summed E-state index contributed by atoms with van der Waals surface area (Å²) >= 11 is 0. The molecular formula is C19H19N3O3. The molecule has 1 aliphatic rings. The summed E-state index contributed by atoms with van der Waals surface area (Å²) in [6.45, 7) is 0. The molecule has 6 heteroatoms. The van der Waals surface area contributed by atoms with Crippen LogP contribution in [-0.4, -0.2) is 24.8 Å². The van der Waals surface area contributed by atoms with Crippen LogP contribution in [0.3, 0.4) is 0 Å². The first kappa shape index (κ1) is 16.7. The summed E-state index contributed by atoms with van der Waals surface area (Å²) in [6.07, 6.45) is 1.85. The molecule has 3 rings (SSSR count). The van der Waals surface area contributed by atoms with Gasteiger partial charge in [0.25, 0.3) is 11.8 Å². The monoisotopic (exact) mass is 337 g/mol. The molecule has 1 saturated carbocycles. The number of hydrogen-bond acceptors (Lipinski definition) is 3. The maximum Gasteiger partial charge on any atom is 0.255 e. The van der Waals surface area contributed by atoms with E-state index in [1.165, 1.54) is 0 Å². The first-order valence-electron chi connectivity index (χ1n) is 8.11. The number of amides is 3. The number of hydrogen-bond donors (Lipinski definition) is 3. The minimum Gasteiger partial charge on any atom is -0.355 e. The highest BCUT2D eigenvalue weighted by Crippen LogP contribution is 2.30. The molecule has 1 aliphatic carbocycles. The van der Waals surface area contributed by atoms with E-state index in [9.17, 15) is 14.4 Å². The Bertz CT molecular complexity index is 828. The van der Waals surface area contributed by atoms with Gasteiger partial charge in [-0.25, -0.2) is 0 Å². The van der Waals surface area contributed by atoms with E-state index in [0.29, 0.717) is 22.5 Å². The van der Waals surface area contributed by atoms with Crippen molar-refractivity contribution in [3.05, 3.63) is 59.7 Å². The molecule has 0 heterocycles. The van der Waals surface area contributed by atoms with E-state index in [4.69, 9.17) is 0 Å². The van der Waals surface area contributed by atoms with Crippen LogP contribution in [0.15, 0.2) is 48.5 Å². The smallest absolute Gasteiger partial charge is 0.255 e. The molecule has 0 bridgehead atoms.